The summed E-state index contributed by atoms with van der Waals surface area (Å²) >= 11 is 0. The van der Waals surface area contributed by atoms with Gasteiger partial charge in [-0.2, -0.15) is 5.10 Å². The lowest BCUT2D eigenvalue weighted by Crippen LogP contribution is -2.48. The number of nitrogens with one attached hydrogen (secondary N) is 1. The van der Waals surface area contributed by atoms with Crippen LogP contribution in [-0.4, -0.2) is 49.7 Å². The van der Waals surface area contributed by atoms with Crippen LogP contribution in [0.1, 0.15) is 33.1 Å². The fourth-order valence-corrected chi connectivity index (χ4v) is 3.33. The quantitative estimate of drug-likeness (QED) is 0.933. The van der Waals surface area contributed by atoms with Gasteiger partial charge >= 0.3 is 0 Å². The van der Waals surface area contributed by atoms with Gasteiger partial charge in [0, 0.05) is 19.1 Å². The number of likely N-dealkylation sites (tertiary alicyclic amines) is 1. The Morgan fingerprint density at radius 1 is 1.32 bits per heavy atom. The zero-order chi connectivity index (χ0) is 15.7. The lowest BCUT2D eigenvalue weighted by atomic mass is 9.97. The minimum Gasteiger partial charge on any atom is -0.372 e. The molecule has 1 aliphatic rings. The van der Waals surface area contributed by atoms with Crippen LogP contribution in [0.2, 0.25) is 0 Å². The smallest absolute Gasteiger partial charge is 0.244 e. The highest BCUT2D eigenvalue weighted by Crippen LogP contribution is 2.23. The number of hydrogen-bond acceptors (Lipinski definition) is 5. The van der Waals surface area contributed by atoms with Crippen LogP contribution in [-0.2, 0) is 11.3 Å². The van der Waals surface area contributed by atoms with Crippen molar-refractivity contribution in [2.45, 2.75) is 51.7 Å². The monoisotopic (exact) mass is 302 g/mol. The first-order valence-electron chi connectivity index (χ1n) is 7.77. The van der Waals surface area contributed by atoms with Crippen molar-refractivity contribution in [3.8, 4) is 0 Å². The highest BCUT2D eigenvalue weighted by Gasteiger charge is 2.29. The summed E-state index contributed by atoms with van der Waals surface area (Å²) in [4.78, 5) is 23.1. The van der Waals surface area contributed by atoms with Crippen molar-refractivity contribution in [2.24, 2.45) is 0 Å². The molecular weight excluding hydrogens is 280 g/mol. The van der Waals surface area contributed by atoms with Gasteiger partial charge in [-0.3, -0.25) is 4.79 Å². The van der Waals surface area contributed by atoms with Crippen LogP contribution in [0, 0.1) is 0 Å². The molecule has 7 nitrogen and oxygen atoms in total. The Hall–Kier alpha value is -2.18. The Morgan fingerprint density at radius 2 is 2.05 bits per heavy atom. The highest BCUT2D eigenvalue weighted by molar-refractivity contribution is 5.87. The Balaban J connectivity index is 1.85. The van der Waals surface area contributed by atoms with E-state index >= 15 is 0 Å². The number of rotatable bonds is 3. The molecule has 2 aromatic heterocycles. The van der Waals surface area contributed by atoms with E-state index < -0.39 is 0 Å². The van der Waals surface area contributed by atoms with Crippen molar-refractivity contribution >= 4 is 22.8 Å². The van der Waals surface area contributed by atoms with Crippen LogP contribution in [0.25, 0.3) is 11.0 Å². The summed E-state index contributed by atoms with van der Waals surface area (Å²) in [6.07, 6.45) is 6.53. The molecule has 1 aliphatic heterocycles. The Bertz CT molecular complexity index is 672. The molecule has 0 aliphatic carbocycles. The minimum atomic E-state index is 0.106. The predicted molar refractivity (Wildman–Crippen MR) is 84.5 cm³/mol. The number of nitrogens with zero attached hydrogens (tertiary/aromatic N) is 5. The van der Waals surface area contributed by atoms with Gasteiger partial charge in [0.15, 0.2) is 5.65 Å². The maximum atomic E-state index is 12.7. The van der Waals surface area contributed by atoms with Crippen LogP contribution >= 0.6 is 0 Å². The van der Waals surface area contributed by atoms with Gasteiger partial charge in [0.05, 0.1) is 11.6 Å². The van der Waals surface area contributed by atoms with Crippen molar-refractivity contribution < 1.29 is 4.79 Å². The summed E-state index contributed by atoms with van der Waals surface area (Å²) in [7, 11) is 1.81. The van der Waals surface area contributed by atoms with E-state index in [0.717, 1.165) is 24.0 Å². The van der Waals surface area contributed by atoms with E-state index in [1.54, 1.807) is 17.9 Å². The third kappa shape index (κ3) is 2.51. The van der Waals surface area contributed by atoms with E-state index in [1.807, 2.05) is 4.90 Å². The summed E-state index contributed by atoms with van der Waals surface area (Å²) in [6.45, 7) is 4.46. The fraction of sp³-hybridized carbons (Fsp3) is 0.600. The fourth-order valence-electron chi connectivity index (χ4n) is 3.33. The molecule has 3 rings (SSSR count). The summed E-state index contributed by atoms with van der Waals surface area (Å²) in [5.74, 6) is 0.831. The lowest BCUT2D eigenvalue weighted by Gasteiger charge is -2.39. The molecular formula is C15H22N6O. The first-order chi connectivity index (χ1) is 10.6. The van der Waals surface area contributed by atoms with Gasteiger partial charge in [-0.15, -0.1) is 0 Å². The molecule has 0 radical (unpaired) electrons. The van der Waals surface area contributed by atoms with E-state index in [-0.39, 0.29) is 12.5 Å². The van der Waals surface area contributed by atoms with Crippen molar-refractivity contribution in [3.05, 3.63) is 12.5 Å². The molecule has 1 saturated heterocycles. The molecule has 1 fully saturated rings. The molecule has 2 aromatic rings. The van der Waals surface area contributed by atoms with Crippen LogP contribution in [0.3, 0.4) is 0 Å². The second-order valence-corrected chi connectivity index (χ2v) is 5.94. The molecule has 0 spiro atoms. The summed E-state index contributed by atoms with van der Waals surface area (Å²) in [5.41, 5.74) is 0.685. The molecule has 2 atom stereocenters. The molecule has 118 valence electrons. The minimum absolute atomic E-state index is 0.106. The van der Waals surface area contributed by atoms with Crippen molar-refractivity contribution in [1.82, 2.24) is 24.6 Å². The predicted octanol–water partition coefficient (Wildman–Crippen LogP) is 1.66. The molecule has 0 saturated carbocycles. The first kappa shape index (κ1) is 14.7. The first-order valence-corrected chi connectivity index (χ1v) is 7.77. The van der Waals surface area contributed by atoms with Gasteiger partial charge < -0.3 is 10.2 Å². The summed E-state index contributed by atoms with van der Waals surface area (Å²) in [5, 5.41) is 8.16. The average Bonchev–Trinajstić information content (AvgIpc) is 2.90. The third-order valence-electron chi connectivity index (χ3n) is 4.44. The lowest BCUT2D eigenvalue weighted by molar-refractivity contribution is -0.138. The number of fused-ring (bicyclic) bond motifs is 1. The van der Waals surface area contributed by atoms with Crippen LogP contribution < -0.4 is 5.32 Å². The zero-order valence-electron chi connectivity index (χ0n) is 13.3. The van der Waals surface area contributed by atoms with E-state index in [1.165, 1.54) is 12.7 Å². The number of hydrogen-bond donors (Lipinski definition) is 1. The second-order valence-electron chi connectivity index (χ2n) is 5.94. The standard InChI is InChI=1S/C15H22N6O/c1-10-5-4-6-11(2)21(10)13(22)8-20-15-12(7-19-20)14(16-3)17-9-18-15/h7,9-11H,4-6,8H2,1-3H3,(H,16,17,18). The number of carbonyl (C=O) groups excluding carboxylic acids is 1. The second kappa shape index (κ2) is 5.90. The molecule has 22 heavy (non-hydrogen) atoms. The van der Waals surface area contributed by atoms with Gasteiger partial charge in [0.1, 0.15) is 18.7 Å². The number of carbonyl (C=O) groups is 1. The van der Waals surface area contributed by atoms with Crippen LogP contribution in [0.5, 0.6) is 0 Å². The average molecular weight is 302 g/mol. The van der Waals surface area contributed by atoms with Crippen molar-refractivity contribution in [1.29, 1.82) is 0 Å². The molecule has 0 bridgehead atoms. The third-order valence-corrected chi connectivity index (χ3v) is 4.44. The molecule has 1 amide bonds. The molecule has 7 heteroatoms. The van der Waals surface area contributed by atoms with E-state index in [2.05, 4.69) is 34.2 Å². The van der Waals surface area contributed by atoms with Gasteiger partial charge in [0.25, 0.3) is 0 Å². The van der Waals surface area contributed by atoms with Gasteiger partial charge in [0.2, 0.25) is 5.91 Å². The van der Waals surface area contributed by atoms with Crippen LogP contribution in [0.15, 0.2) is 12.5 Å². The van der Waals surface area contributed by atoms with Crippen LogP contribution in [0.4, 0.5) is 5.82 Å². The molecule has 1 N–H and O–H groups in total. The maximum Gasteiger partial charge on any atom is 0.244 e. The molecule has 3 heterocycles. The van der Waals surface area contributed by atoms with Gasteiger partial charge in [-0.05, 0) is 33.1 Å². The van der Waals surface area contributed by atoms with Gasteiger partial charge in [-0.25, -0.2) is 14.6 Å². The van der Waals surface area contributed by atoms with Crippen molar-refractivity contribution in [3.63, 3.8) is 0 Å². The Labute approximate surface area is 129 Å². The highest BCUT2D eigenvalue weighted by atomic mass is 16.2. The maximum absolute atomic E-state index is 12.7. The van der Waals surface area contributed by atoms with Crippen molar-refractivity contribution in [2.75, 3.05) is 12.4 Å². The number of amides is 1. The Morgan fingerprint density at radius 3 is 2.73 bits per heavy atom. The zero-order valence-corrected chi connectivity index (χ0v) is 13.3. The molecule has 2 unspecified atom stereocenters. The number of aromatic nitrogens is 4. The normalized spacial score (nSPS) is 22.0. The summed E-state index contributed by atoms with van der Waals surface area (Å²) < 4.78 is 1.66. The van der Waals surface area contributed by atoms with E-state index in [4.69, 9.17) is 0 Å². The Kier molecular flexibility index (Phi) is 3.96. The topological polar surface area (TPSA) is 75.9 Å². The molecule has 0 aromatic carbocycles. The van der Waals surface area contributed by atoms with Gasteiger partial charge in [-0.1, -0.05) is 0 Å². The number of anilines is 1. The van der Waals surface area contributed by atoms with E-state index in [9.17, 15) is 4.79 Å². The number of piperidine rings is 1. The summed E-state index contributed by atoms with van der Waals surface area (Å²) in [6, 6.07) is 0.584. The SMILES string of the molecule is CNc1ncnc2c1cnn2CC(=O)N1C(C)CCCC1C. The largest absolute Gasteiger partial charge is 0.372 e. The van der Waals surface area contributed by atoms with E-state index in [0.29, 0.717) is 17.7 Å².